The quantitative estimate of drug-likeness (QED) is 0.670. The van der Waals surface area contributed by atoms with Crippen LogP contribution >= 0.6 is 11.3 Å². The highest BCUT2D eigenvalue weighted by Gasteiger charge is 2.15. The fourth-order valence-electron chi connectivity index (χ4n) is 2.83. The Hall–Kier alpha value is -2.73. The third-order valence-electron chi connectivity index (χ3n) is 4.19. The van der Waals surface area contributed by atoms with Gasteiger partial charge in [-0.3, -0.25) is 0 Å². The molecule has 6 heteroatoms. The highest BCUT2D eigenvalue weighted by Crippen LogP contribution is 2.38. The Morgan fingerprint density at radius 3 is 2.62 bits per heavy atom. The molecule has 0 radical (unpaired) electrons. The molecule has 4 rings (SSSR count). The van der Waals surface area contributed by atoms with Crippen molar-refractivity contribution in [3.05, 3.63) is 41.8 Å². The van der Waals surface area contributed by atoms with Crippen LogP contribution in [0.1, 0.15) is 6.42 Å². The summed E-state index contributed by atoms with van der Waals surface area (Å²) in [5.41, 5.74) is 2.85. The molecule has 3 aromatic rings. The number of methoxy groups -OCH3 is 2. The number of rotatable bonds is 4. The van der Waals surface area contributed by atoms with Crippen molar-refractivity contribution in [2.75, 3.05) is 27.4 Å². The summed E-state index contributed by atoms with van der Waals surface area (Å²) in [5, 5.41) is 2.93. The summed E-state index contributed by atoms with van der Waals surface area (Å²) in [6.07, 6.45) is 0.891. The number of hydrogen-bond donors (Lipinski definition) is 0. The maximum atomic E-state index is 5.78. The topological polar surface area (TPSA) is 49.8 Å². The van der Waals surface area contributed by atoms with Crippen LogP contribution in [0.4, 0.5) is 0 Å². The summed E-state index contributed by atoms with van der Waals surface area (Å²) < 4.78 is 22.2. The van der Waals surface area contributed by atoms with Crippen molar-refractivity contribution in [2.24, 2.45) is 0 Å². The fourth-order valence-corrected chi connectivity index (χ4v) is 3.69. The van der Waals surface area contributed by atoms with Crippen LogP contribution in [0, 0.1) is 0 Å². The molecule has 2 aromatic carbocycles. The van der Waals surface area contributed by atoms with E-state index in [1.807, 2.05) is 41.8 Å². The molecule has 0 saturated carbocycles. The van der Waals surface area contributed by atoms with Crippen molar-refractivity contribution in [3.8, 4) is 44.8 Å². The highest BCUT2D eigenvalue weighted by atomic mass is 32.1. The van der Waals surface area contributed by atoms with E-state index in [1.165, 1.54) is 0 Å². The van der Waals surface area contributed by atoms with Gasteiger partial charge in [0.2, 0.25) is 0 Å². The Kier molecular flexibility index (Phi) is 4.67. The predicted octanol–water partition coefficient (Wildman–Crippen LogP) is 4.66. The third kappa shape index (κ3) is 3.20. The normalized spacial score (nSPS) is 13.2. The fraction of sp³-hybridized carbons (Fsp3) is 0.250. The maximum absolute atomic E-state index is 5.78. The van der Waals surface area contributed by atoms with Crippen molar-refractivity contribution in [3.63, 3.8) is 0 Å². The molecule has 0 fully saturated rings. The zero-order valence-electron chi connectivity index (χ0n) is 14.7. The average Bonchev–Trinajstić information content (AvgIpc) is 3.06. The van der Waals surface area contributed by atoms with Gasteiger partial charge in [0, 0.05) is 23.4 Å². The summed E-state index contributed by atoms with van der Waals surface area (Å²) >= 11 is 1.58. The van der Waals surface area contributed by atoms with Gasteiger partial charge in [-0.15, -0.1) is 11.3 Å². The number of hydrogen-bond acceptors (Lipinski definition) is 6. The van der Waals surface area contributed by atoms with E-state index in [0.29, 0.717) is 13.2 Å². The standard InChI is InChI=1S/C20H19NO4S/c1-22-14-5-6-15(18(11-14)23-2)20-21-16(12-26-20)13-4-7-17-19(10-13)25-9-3-8-24-17/h4-7,10-12H,3,8-9H2,1-2H3. The lowest BCUT2D eigenvalue weighted by molar-refractivity contribution is 0.297. The van der Waals surface area contributed by atoms with Crippen molar-refractivity contribution in [1.29, 1.82) is 0 Å². The van der Waals surface area contributed by atoms with Crippen LogP contribution in [0.25, 0.3) is 21.8 Å². The van der Waals surface area contributed by atoms with E-state index in [1.54, 1.807) is 25.6 Å². The summed E-state index contributed by atoms with van der Waals surface area (Å²) in [6.45, 7) is 1.35. The molecular weight excluding hydrogens is 350 g/mol. The van der Waals surface area contributed by atoms with Gasteiger partial charge in [0.1, 0.15) is 16.5 Å². The molecule has 1 aliphatic rings. The smallest absolute Gasteiger partial charge is 0.161 e. The van der Waals surface area contributed by atoms with Crippen LogP contribution < -0.4 is 18.9 Å². The first-order valence-electron chi connectivity index (χ1n) is 8.36. The van der Waals surface area contributed by atoms with Gasteiger partial charge in [-0.2, -0.15) is 0 Å². The first-order valence-corrected chi connectivity index (χ1v) is 9.24. The van der Waals surface area contributed by atoms with E-state index >= 15 is 0 Å². The van der Waals surface area contributed by atoms with Crippen LogP contribution in [0.2, 0.25) is 0 Å². The zero-order valence-corrected chi connectivity index (χ0v) is 15.5. The zero-order chi connectivity index (χ0) is 17.9. The van der Waals surface area contributed by atoms with Crippen molar-refractivity contribution in [2.45, 2.75) is 6.42 Å². The van der Waals surface area contributed by atoms with Crippen LogP contribution in [-0.4, -0.2) is 32.4 Å². The van der Waals surface area contributed by atoms with E-state index in [9.17, 15) is 0 Å². The maximum Gasteiger partial charge on any atom is 0.161 e. The van der Waals surface area contributed by atoms with E-state index in [-0.39, 0.29) is 0 Å². The summed E-state index contributed by atoms with van der Waals surface area (Å²) in [6, 6.07) is 11.7. The summed E-state index contributed by atoms with van der Waals surface area (Å²) in [4.78, 5) is 4.79. The van der Waals surface area contributed by atoms with E-state index in [4.69, 9.17) is 23.9 Å². The minimum atomic E-state index is 0.668. The number of nitrogens with zero attached hydrogens (tertiary/aromatic N) is 1. The molecule has 1 aromatic heterocycles. The molecule has 1 aliphatic heterocycles. The lowest BCUT2D eigenvalue weighted by Gasteiger charge is -2.09. The Balaban J connectivity index is 1.68. The molecule has 26 heavy (non-hydrogen) atoms. The van der Waals surface area contributed by atoms with Crippen molar-refractivity contribution < 1.29 is 18.9 Å². The largest absolute Gasteiger partial charge is 0.497 e. The first-order chi connectivity index (χ1) is 12.8. The van der Waals surface area contributed by atoms with Gasteiger partial charge < -0.3 is 18.9 Å². The summed E-state index contributed by atoms with van der Waals surface area (Å²) in [5.74, 6) is 3.06. The Morgan fingerprint density at radius 1 is 0.962 bits per heavy atom. The second-order valence-electron chi connectivity index (χ2n) is 5.82. The number of benzene rings is 2. The molecular formula is C20H19NO4S. The molecule has 2 heterocycles. The van der Waals surface area contributed by atoms with E-state index in [2.05, 4.69) is 0 Å². The highest BCUT2D eigenvalue weighted by molar-refractivity contribution is 7.13. The molecule has 134 valence electrons. The van der Waals surface area contributed by atoms with Crippen LogP contribution in [0.15, 0.2) is 41.8 Å². The average molecular weight is 369 g/mol. The van der Waals surface area contributed by atoms with E-state index in [0.717, 1.165) is 51.2 Å². The van der Waals surface area contributed by atoms with Gasteiger partial charge in [-0.25, -0.2) is 4.98 Å². The molecule has 0 saturated heterocycles. The molecule has 5 nitrogen and oxygen atoms in total. The van der Waals surface area contributed by atoms with Gasteiger partial charge in [-0.1, -0.05) is 0 Å². The monoisotopic (exact) mass is 369 g/mol. The Labute approximate surface area is 156 Å². The third-order valence-corrected chi connectivity index (χ3v) is 5.06. The van der Waals surface area contributed by atoms with Crippen LogP contribution in [-0.2, 0) is 0 Å². The van der Waals surface area contributed by atoms with Gasteiger partial charge in [-0.05, 0) is 30.3 Å². The van der Waals surface area contributed by atoms with Gasteiger partial charge in [0.15, 0.2) is 11.5 Å². The Morgan fingerprint density at radius 2 is 1.81 bits per heavy atom. The molecule has 0 N–H and O–H groups in total. The molecule has 0 unspecified atom stereocenters. The molecule has 0 amide bonds. The number of ether oxygens (including phenoxy) is 4. The first kappa shape index (κ1) is 16.7. The van der Waals surface area contributed by atoms with Crippen molar-refractivity contribution >= 4 is 11.3 Å². The molecule has 0 aliphatic carbocycles. The predicted molar refractivity (Wildman–Crippen MR) is 102 cm³/mol. The summed E-state index contributed by atoms with van der Waals surface area (Å²) in [7, 11) is 3.29. The molecule has 0 spiro atoms. The lowest BCUT2D eigenvalue weighted by atomic mass is 10.1. The SMILES string of the molecule is COc1ccc(-c2nc(-c3ccc4c(c3)OCCCO4)cs2)c(OC)c1. The molecule has 0 atom stereocenters. The van der Waals surface area contributed by atoms with Crippen LogP contribution in [0.3, 0.4) is 0 Å². The minimum Gasteiger partial charge on any atom is -0.497 e. The number of fused-ring (bicyclic) bond motifs is 1. The van der Waals surface area contributed by atoms with Crippen LogP contribution in [0.5, 0.6) is 23.0 Å². The Bertz CT molecular complexity index is 922. The second kappa shape index (κ2) is 7.25. The molecule has 0 bridgehead atoms. The number of thiazole rings is 1. The minimum absolute atomic E-state index is 0.668. The van der Waals surface area contributed by atoms with Gasteiger partial charge in [0.05, 0.1) is 38.7 Å². The van der Waals surface area contributed by atoms with E-state index < -0.39 is 0 Å². The van der Waals surface area contributed by atoms with Crippen molar-refractivity contribution in [1.82, 2.24) is 4.98 Å². The van der Waals surface area contributed by atoms with Gasteiger partial charge in [0.25, 0.3) is 0 Å². The van der Waals surface area contributed by atoms with Gasteiger partial charge >= 0.3 is 0 Å². The number of aromatic nitrogens is 1. The lowest BCUT2D eigenvalue weighted by Crippen LogP contribution is -1.97. The second-order valence-corrected chi connectivity index (χ2v) is 6.67.